The molecule has 0 aliphatic carbocycles. The van der Waals surface area contributed by atoms with E-state index in [9.17, 15) is 8.42 Å². The van der Waals surface area contributed by atoms with Crippen LogP contribution in [0, 0.1) is 11.3 Å². The van der Waals surface area contributed by atoms with Gasteiger partial charge in [0.25, 0.3) is 5.89 Å². The van der Waals surface area contributed by atoms with Crippen LogP contribution in [-0.2, 0) is 9.84 Å². The Balaban J connectivity index is 2.04. The molecule has 100 valence electrons. The molecular weight excluding hydrogens is 280 g/mol. The molecule has 0 aliphatic rings. The van der Waals surface area contributed by atoms with Gasteiger partial charge in [-0.3, -0.25) is 0 Å². The Morgan fingerprint density at radius 1 is 1.30 bits per heavy atom. The van der Waals surface area contributed by atoms with Crippen molar-refractivity contribution in [2.75, 3.05) is 5.75 Å². The van der Waals surface area contributed by atoms with Crippen molar-refractivity contribution in [3.05, 3.63) is 30.3 Å². The lowest BCUT2D eigenvalue weighted by atomic mass is 10.2. The average Bonchev–Trinajstić information content (AvgIpc) is 3.05. The van der Waals surface area contributed by atoms with Gasteiger partial charge in [0.15, 0.2) is 0 Å². The maximum atomic E-state index is 11.6. The van der Waals surface area contributed by atoms with Gasteiger partial charge in [0, 0.05) is 10.9 Å². The van der Waals surface area contributed by atoms with Crippen LogP contribution in [-0.4, -0.2) is 29.4 Å². The van der Waals surface area contributed by atoms with Gasteiger partial charge in [0.2, 0.25) is 9.84 Å². The number of nitrogens with one attached hydrogen (secondary N) is 1. The van der Waals surface area contributed by atoms with Crippen LogP contribution in [0.15, 0.2) is 40.0 Å². The lowest BCUT2D eigenvalue weighted by Gasteiger charge is -1.90. The van der Waals surface area contributed by atoms with Gasteiger partial charge in [-0.25, -0.2) is 8.42 Å². The number of nitriles is 1. The number of fused-ring (bicyclic) bond motifs is 1. The third kappa shape index (κ3) is 2.04. The van der Waals surface area contributed by atoms with Crippen LogP contribution in [0.1, 0.15) is 0 Å². The van der Waals surface area contributed by atoms with Crippen molar-refractivity contribution in [2.24, 2.45) is 0 Å². The molecule has 2 heterocycles. The minimum atomic E-state index is -3.84. The Kier molecular flexibility index (Phi) is 2.76. The number of hydrogen-bond donors (Lipinski definition) is 1. The van der Waals surface area contributed by atoms with Gasteiger partial charge in [0.1, 0.15) is 11.4 Å². The highest BCUT2D eigenvalue weighted by atomic mass is 32.2. The van der Waals surface area contributed by atoms with Crippen LogP contribution in [0.3, 0.4) is 0 Å². The Morgan fingerprint density at radius 3 is 2.85 bits per heavy atom. The maximum Gasteiger partial charge on any atom is 0.336 e. The van der Waals surface area contributed by atoms with E-state index in [1.165, 1.54) is 0 Å². The molecule has 0 fully saturated rings. The quantitative estimate of drug-likeness (QED) is 0.781. The summed E-state index contributed by atoms with van der Waals surface area (Å²) in [5, 5.41) is 16.0. The van der Waals surface area contributed by atoms with Crippen molar-refractivity contribution in [2.45, 2.75) is 5.22 Å². The maximum absolute atomic E-state index is 11.6. The van der Waals surface area contributed by atoms with E-state index in [-0.39, 0.29) is 5.89 Å². The van der Waals surface area contributed by atoms with Gasteiger partial charge in [-0.05, 0) is 12.1 Å². The van der Waals surface area contributed by atoms with E-state index >= 15 is 0 Å². The number of sulfone groups is 1. The molecule has 3 rings (SSSR count). The highest BCUT2D eigenvalue weighted by Gasteiger charge is 2.23. The molecule has 0 radical (unpaired) electrons. The smallest absolute Gasteiger partial charge is 0.336 e. The molecule has 0 amide bonds. The van der Waals surface area contributed by atoms with Gasteiger partial charge in [-0.1, -0.05) is 23.3 Å². The summed E-state index contributed by atoms with van der Waals surface area (Å²) in [5.41, 5.74) is 1.40. The first-order valence-corrected chi connectivity index (χ1v) is 7.27. The first kappa shape index (κ1) is 12.4. The first-order valence-electron chi connectivity index (χ1n) is 5.61. The Labute approximate surface area is 113 Å². The molecule has 0 spiro atoms. The highest BCUT2D eigenvalue weighted by molar-refractivity contribution is 7.91. The molecular formula is C12H8N4O3S. The van der Waals surface area contributed by atoms with Crippen LogP contribution < -0.4 is 0 Å². The van der Waals surface area contributed by atoms with E-state index in [4.69, 9.17) is 9.68 Å². The van der Waals surface area contributed by atoms with E-state index in [0.717, 1.165) is 10.9 Å². The fourth-order valence-electron chi connectivity index (χ4n) is 1.78. The van der Waals surface area contributed by atoms with Gasteiger partial charge in [-0.2, -0.15) is 5.26 Å². The minimum Gasteiger partial charge on any atom is -0.406 e. The molecule has 0 saturated carbocycles. The van der Waals surface area contributed by atoms with Crippen LogP contribution in [0.5, 0.6) is 0 Å². The van der Waals surface area contributed by atoms with E-state index in [0.29, 0.717) is 5.69 Å². The van der Waals surface area contributed by atoms with Crippen LogP contribution >= 0.6 is 0 Å². The predicted molar refractivity (Wildman–Crippen MR) is 69.3 cm³/mol. The van der Waals surface area contributed by atoms with Crippen molar-refractivity contribution in [3.63, 3.8) is 0 Å². The predicted octanol–water partition coefficient (Wildman–Crippen LogP) is 1.52. The lowest BCUT2D eigenvalue weighted by Crippen LogP contribution is -2.05. The summed E-state index contributed by atoms with van der Waals surface area (Å²) in [6.07, 6.45) is 0. The molecule has 0 saturated heterocycles. The van der Waals surface area contributed by atoms with Gasteiger partial charge in [0.05, 0.1) is 6.07 Å². The molecule has 0 atom stereocenters. The minimum absolute atomic E-state index is 0.0673. The number of aromatic amines is 1. The van der Waals surface area contributed by atoms with Gasteiger partial charge >= 0.3 is 5.22 Å². The van der Waals surface area contributed by atoms with Crippen molar-refractivity contribution < 1.29 is 12.8 Å². The normalized spacial score (nSPS) is 11.6. The number of aromatic nitrogens is 3. The van der Waals surface area contributed by atoms with E-state index < -0.39 is 20.8 Å². The van der Waals surface area contributed by atoms with Gasteiger partial charge in [-0.15, -0.1) is 5.10 Å². The molecule has 0 unspecified atom stereocenters. The number of benzene rings is 1. The second kappa shape index (κ2) is 4.47. The second-order valence-corrected chi connectivity index (χ2v) is 5.93. The molecule has 1 N–H and O–H groups in total. The fourth-order valence-corrected chi connectivity index (χ4v) is 2.44. The fraction of sp³-hybridized carbons (Fsp3) is 0.0833. The molecule has 1 aromatic carbocycles. The molecule has 2 aromatic heterocycles. The summed E-state index contributed by atoms with van der Waals surface area (Å²) < 4.78 is 28.4. The molecule has 8 heteroatoms. The van der Waals surface area contributed by atoms with E-state index in [1.54, 1.807) is 12.1 Å². The van der Waals surface area contributed by atoms with Crippen LogP contribution in [0.25, 0.3) is 22.5 Å². The standard InChI is InChI=1S/C12H8N4O3S/c13-5-6-20(17,18)12-16-15-11(19-12)10-7-8-3-1-2-4-9(8)14-10/h1-4,7,14H,6H2. The van der Waals surface area contributed by atoms with Crippen molar-refractivity contribution in [3.8, 4) is 17.7 Å². The second-order valence-electron chi connectivity index (χ2n) is 4.06. The van der Waals surface area contributed by atoms with E-state index in [2.05, 4.69) is 15.2 Å². The molecule has 20 heavy (non-hydrogen) atoms. The number of hydrogen-bond acceptors (Lipinski definition) is 6. The lowest BCUT2D eigenvalue weighted by molar-refractivity contribution is 0.440. The molecule has 0 bridgehead atoms. The third-order valence-corrected chi connectivity index (χ3v) is 3.89. The number of H-pyrrole nitrogens is 1. The molecule has 7 nitrogen and oxygen atoms in total. The Hall–Kier alpha value is -2.66. The topological polar surface area (TPSA) is 113 Å². The summed E-state index contributed by atoms with van der Waals surface area (Å²) >= 11 is 0. The zero-order valence-corrected chi connectivity index (χ0v) is 10.9. The monoisotopic (exact) mass is 288 g/mol. The van der Waals surface area contributed by atoms with Crippen LogP contribution in [0.2, 0.25) is 0 Å². The third-order valence-electron chi connectivity index (χ3n) is 2.69. The SMILES string of the molecule is N#CCS(=O)(=O)c1nnc(-c2cc3ccccc3[nH]2)o1. The highest BCUT2D eigenvalue weighted by Crippen LogP contribution is 2.24. The first-order chi connectivity index (χ1) is 9.60. The summed E-state index contributed by atoms with van der Waals surface area (Å²) in [5.74, 6) is -0.626. The Morgan fingerprint density at radius 2 is 2.10 bits per heavy atom. The Bertz CT molecular complexity index is 884. The average molecular weight is 288 g/mol. The summed E-state index contributed by atoms with van der Waals surface area (Å²) in [6.45, 7) is 0. The number of rotatable bonds is 3. The van der Waals surface area contributed by atoms with Crippen molar-refractivity contribution in [1.82, 2.24) is 15.2 Å². The van der Waals surface area contributed by atoms with Crippen LogP contribution in [0.4, 0.5) is 0 Å². The summed E-state index contributed by atoms with van der Waals surface area (Å²) in [7, 11) is -3.84. The zero-order chi connectivity index (χ0) is 14.2. The van der Waals surface area contributed by atoms with Crippen molar-refractivity contribution >= 4 is 20.7 Å². The summed E-state index contributed by atoms with van der Waals surface area (Å²) in [6, 6.07) is 10.9. The number of para-hydroxylation sites is 1. The number of nitrogens with zero attached hydrogens (tertiary/aromatic N) is 3. The van der Waals surface area contributed by atoms with E-state index in [1.807, 2.05) is 24.3 Å². The zero-order valence-electron chi connectivity index (χ0n) is 10.1. The molecule has 3 aromatic rings. The summed E-state index contributed by atoms with van der Waals surface area (Å²) in [4.78, 5) is 3.05. The van der Waals surface area contributed by atoms with Crippen molar-refractivity contribution in [1.29, 1.82) is 5.26 Å². The largest absolute Gasteiger partial charge is 0.406 e. The van der Waals surface area contributed by atoms with Gasteiger partial charge < -0.3 is 9.40 Å². The molecule has 0 aliphatic heterocycles.